The third-order valence-electron chi connectivity index (χ3n) is 6.03. The molecule has 0 amide bonds. The normalized spacial score (nSPS) is 21.3. The van der Waals surface area contributed by atoms with E-state index in [-0.39, 0.29) is 11.7 Å². The number of benzene rings is 2. The monoisotopic (exact) mass is 465 g/mol. The number of Topliss-reactive ketones (excluding diaryl/α,β-unsaturated/α-hetero) is 1. The maximum absolute atomic E-state index is 13.4. The second kappa shape index (κ2) is 8.23. The van der Waals surface area contributed by atoms with Crippen LogP contribution in [-0.2, 0) is 14.3 Å². The number of ether oxygens (including phenoxy) is 1. The minimum Gasteiger partial charge on any atom is -0.466 e. The van der Waals surface area contributed by atoms with Crippen LogP contribution in [0.4, 0.5) is 0 Å². The van der Waals surface area contributed by atoms with Crippen molar-refractivity contribution in [1.29, 1.82) is 0 Å². The third-order valence-corrected chi connectivity index (χ3v) is 6.89. The van der Waals surface area contributed by atoms with E-state index in [2.05, 4.69) is 33.4 Å². The zero-order valence-corrected chi connectivity index (χ0v) is 18.9. The second-order valence-electron chi connectivity index (χ2n) is 7.93. The van der Waals surface area contributed by atoms with Gasteiger partial charge in [-0.25, -0.2) is 4.79 Å². The second-order valence-corrected chi connectivity index (χ2v) is 8.78. The average molecular weight is 466 g/mol. The topological polar surface area (TPSA) is 55.4 Å². The van der Waals surface area contributed by atoms with Crippen LogP contribution in [0, 0.1) is 6.92 Å². The molecule has 0 aromatic heterocycles. The summed E-state index contributed by atoms with van der Waals surface area (Å²) in [5.41, 5.74) is 6.00. The lowest BCUT2D eigenvalue weighted by Gasteiger charge is -2.36. The molecule has 4 rings (SSSR count). The van der Waals surface area contributed by atoms with Crippen LogP contribution >= 0.6 is 15.9 Å². The molecule has 0 saturated carbocycles. The van der Waals surface area contributed by atoms with E-state index in [9.17, 15) is 9.59 Å². The predicted molar refractivity (Wildman–Crippen MR) is 120 cm³/mol. The van der Waals surface area contributed by atoms with Gasteiger partial charge in [-0.05, 0) is 48.9 Å². The molecular formula is C25H24BrNO3. The van der Waals surface area contributed by atoms with E-state index in [1.165, 1.54) is 7.11 Å². The zero-order chi connectivity index (χ0) is 21.4. The highest BCUT2D eigenvalue weighted by Gasteiger charge is 2.41. The van der Waals surface area contributed by atoms with Crippen LogP contribution < -0.4 is 5.32 Å². The number of aryl methyl sites for hydroxylation is 1. The van der Waals surface area contributed by atoms with Gasteiger partial charge in [0.2, 0.25) is 0 Å². The highest BCUT2D eigenvalue weighted by molar-refractivity contribution is 9.10. The minimum absolute atomic E-state index is 0.0770. The number of halogens is 1. The standard InChI is InChI=1S/C25H24BrNO3/c1-14-9-10-17(11-19(14)26)23-22(25(29)30-3)15(2)27-20-12-18(13-21(28)24(20)23)16-7-5-4-6-8-16/h4-11,18,23,27H,12-13H2,1-3H3. The van der Waals surface area contributed by atoms with Crippen molar-refractivity contribution in [2.24, 2.45) is 0 Å². The molecule has 1 aliphatic carbocycles. The number of nitrogens with one attached hydrogen (secondary N) is 1. The van der Waals surface area contributed by atoms with E-state index in [4.69, 9.17) is 4.74 Å². The molecule has 5 heteroatoms. The Morgan fingerprint density at radius 3 is 2.47 bits per heavy atom. The smallest absolute Gasteiger partial charge is 0.336 e. The number of ketones is 1. The molecule has 1 aliphatic heterocycles. The Morgan fingerprint density at radius 2 is 1.80 bits per heavy atom. The highest BCUT2D eigenvalue weighted by atomic mass is 79.9. The van der Waals surface area contributed by atoms with Crippen molar-refractivity contribution in [3.8, 4) is 0 Å². The van der Waals surface area contributed by atoms with Crippen molar-refractivity contribution < 1.29 is 14.3 Å². The molecule has 0 radical (unpaired) electrons. The van der Waals surface area contributed by atoms with Gasteiger partial charge >= 0.3 is 5.97 Å². The maximum atomic E-state index is 13.4. The van der Waals surface area contributed by atoms with E-state index in [1.54, 1.807) is 0 Å². The molecule has 0 saturated heterocycles. The van der Waals surface area contributed by atoms with Crippen molar-refractivity contribution in [2.75, 3.05) is 7.11 Å². The van der Waals surface area contributed by atoms with Crippen LogP contribution in [0.3, 0.4) is 0 Å². The van der Waals surface area contributed by atoms with Gasteiger partial charge in [-0.2, -0.15) is 0 Å². The van der Waals surface area contributed by atoms with Gasteiger partial charge in [-0.15, -0.1) is 0 Å². The van der Waals surface area contributed by atoms with Crippen molar-refractivity contribution in [3.63, 3.8) is 0 Å². The van der Waals surface area contributed by atoms with Crippen molar-refractivity contribution >= 4 is 27.7 Å². The maximum Gasteiger partial charge on any atom is 0.336 e. The van der Waals surface area contributed by atoms with Gasteiger partial charge in [-0.1, -0.05) is 58.4 Å². The van der Waals surface area contributed by atoms with Crippen LogP contribution in [0.15, 0.2) is 75.5 Å². The Kier molecular flexibility index (Phi) is 5.65. The predicted octanol–water partition coefficient (Wildman–Crippen LogP) is 5.29. The number of hydrogen-bond donors (Lipinski definition) is 1. The Morgan fingerprint density at radius 1 is 1.07 bits per heavy atom. The van der Waals surface area contributed by atoms with Crippen LogP contribution in [-0.4, -0.2) is 18.9 Å². The van der Waals surface area contributed by atoms with Gasteiger partial charge in [0.25, 0.3) is 0 Å². The summed E-state index contributed by atoms with van der Waals surface area (Å²) < 4.78 is 6.04. The van der Waals surface area contributed by atoms with Gasteiger partial charge in [0.05, 0.1) is 12.7 Å². The fourth-order valence-corrected chi connectivity index (χ4v) is 4.90. The SMILES string of the molecule is COC(=O)C1=C(C)NC2=C(C(=O)CC(c3ccccc3)C2)C1c1ccc(C)c(Br)c1. The molecule has 30 heavy (non-hydrogen) atoms. The lowest BCUT2D eigenvalue weighted by Crippen LogP contribution is -2.36. The van der Waals surface area contributed by atoms with Gasteiger partial charge in [0, 0.05) is 33.8 Å². The Hall–Kier alpha value is -2.66. The molecule has 2 aromatic carbocycles. The van der Waals surface area contributed by atoms with E-state index in [0.717, 1.165) is 39.0 Å². The Balaban J connectivity index is 1.83. The number of esters is 1. The lowest BCUT2D eigenvalue weighted by molar-refractivity contribution is -0.136. The summed E-state index contributed by atoms with van der Waals surface area (Å²) in [5.74, 6) is -0.642. The first kappa shape index (κ1) is 20.6. The van der Waals surface area contributed by atoms with E-state index >= 15 is 0 Å². The Bertz CT molecular complexity index is 1080. The fourth-order valence-electron chi connectivity index (χ4n) is 4.50. The number of dihydropyridines is 1. The molecule has 0 bridgehead atoms. The fraction of sp³-hybridized carbons (Fsp3) is 0.280. The number of carbonyl (C=O) groups excluding carboxylic acids is 2. The van der Waals surface area contributed by atoms with Crippen LogP contribution in [0.2, 0.25) is 0 Å². The largest absolute Gasteiger partial charge is 0.466 e. The molecule has 2 unspecified atom stereocenters. The quantitative estimate of drug-likeness (QED) is 0.625. The summed E-state index contributed by atoms with van der Waals surface area (Å²) in [4.78, 5) is 26.1. The van der Waals surface area contributed by atoms with Crippen LogP contribution in [0.25, 0.3) is 0 Å². The van der Waals surface area contributed by atoms with Crippen LogP contribution in [0.5, 0.6) is 0 Å². The van der Waals surface area contributed by atoms with Gasteiger partial charge < -0.3 is 10.1 Å². The molecular weight excluding hydrogens is 442 g/mol. The zero-order valence-electron chi connectivity index (χ0n) is 17.3. The van der Waals surface area contributed by atoms with E-state index < -0.39 is 11.9 Å². The molecule has 2 atom stereocenters. The first-order valence-electron chi connectivity index (χ1n) is 10.0. The summed E-state index contributed by atoms with van der Waals surface area (Å²) in [5, 5.41) is 3.37. The van der Waals surface area contributed by atoms with Crippen molar-refractivity contribution in [1.82, 2.24) is 5.32 Å². The van der Waals surface area contributed by atoms with Gasteiger partial charge in [-0.3, -0.25) is 4.79 Å². The molecule has 1 heterocycles. The molecule has 154 valence electrons. The molecule has 2 aromatic rings. The molecule has 4 nitrogen and oxygen atoms in total. The van der Waals surface area contributed by atoms with Crippen molar-refractivity contribution in [3.05, 3.63) is 92.2 Å². The van der Waals surface area contributed by atoms with Crippen molar-refractivity contribution in [2.45, 2.75) is 38.5 Å². The first-order valence-corrected chi connectivity index (χ1v) is 10.8. The van der Waals surface area contributed by atoms with E-state index in [0.29, 0.717) is 17.6 Å². The Labute approximate surface area is 185 Å². The molecule has 1 N–H and O–H groups in total. The van der Waals surface area contributed by atoms with Gasteiger partial charge in [0.15, 0.2) is 5.78 Å². The molecule has 0 fully saturated rings. The summed E-state index contributed by atoms with van der Waals surface area (Å²) in [6.07, 6.45) is 1.17. The number of methoxy groups -OCH3 is 1. The highest BCUT2D eigenvalue weighted by Crippen LogP contribution is 2.46. The number of allylic oxidation sites excluding steroid dienone is 3. The summed E-state index contributed by atoms with van der Waals surface area (Å²) in [7, 11) is 1.38. The average Bonchev–Trinajstić information content (AvgIpc) is 2.74. The minimum atomic E-state index is -0.435. The first-order chi connectivity index (χ1) is 14.4. The van der Waals surface area contributed by atoms with Gasteiger partial charge in [0.1, 0.15) is 0 Å². The summed E-state index contributed by atoms with van der Waals surface area (Å²) in [6, 6.07) is 16.1. The molecule has 0 spiro atoms. The van der Waals surface area contributed by atoms with E-state index in [1.807, 2.05) is 50.2 Å². The lowest BCUT2D eigenvalue weighted by atomic mass is 9.71. The summed E-state index contributed by atoms with van der Waals surface area (Å²) in [6.45, 7) is 3.89. The number of carbonyl (C=O) groups is 2. The third kappa shape index (κ3) is 3.63. The molecule has 2 aliphatic rings. The van der Waals surface area contributed by atoms with Crippen LogP contribution in [0.1, 0.15) is 48.3 Å². The number of hydrogen-bond acceptors (Lipinski definition) is 4. The number of rotatable bonds is 3. The summed E-state index contributed by atoms with van der Waals surface area (Å²) >= 11 is 3.60.